The molecule has 0 unspecified atom stereocenters. The molecule has 1 aliphatic rings. The van der Waals surface area contributed by atoms with Crippen molar-refractivity contribution in [2.45, 2.75) is 33.6 Å². The summed E-state index contributed by atoms with van der Waals surface area (Å²) in [6, 6.07) is 5.67. The highest BCUT2D eigenvalue weighted by Crippen LogP contribution is 2.36. The van der Waals surface area contributed by atoms with Crippen molar-refractivity contribution in [2.24, 2.45) is 5.41 Å². The Balaban J connectivity index is 2.30. The lowest BCUT2D eigenvalue weighted by atomic mass is 9.95. The second-order valence-electron chi connectivity index (χ2n) is 6.03. The molecule has 1 aromatic rings. The third kappa shape index (κ3) is 3.21. The van der Waals surface area contributed by atoms with Crippen LogP contribution in [0.15, 0.2) is 18.2 Å². The third-order valence-electron chi connectivity index (χ3n) is 3.34. The van der Waals surface area contributed by atoms with Gasteiger partial charge in [-0.05, 0) is 25.0 Å². The molecule has 0 saturated carbocycles. The summed E-state index contributed by atoms with van der Waals surface area (Å²) in [7, 11) is 0. The summed E-state index contributed by atoms with van der Waals surface area (Å²) in [5.74, 6) is 0.00946. The van der Waals surface area contributed by atoms with E-state index in [1.165, 1.54) is 12.8 Å². The van der Waals surface area contributed by atoms with Crippen LogP contribution in [0.2, 0.25) is 5.02 Å². The van der Waals surface area contributed by atoms with E-state index in [-0.39, 0.29) is 5.91 Å². The van der Waals surface area contributed by atoms with Crippen molar-refractivity contribution in [3.63, 3.8) is 0 Å². The average Bonchev–Trinajstić information content (AvgIpc) is 2.81. The summed E-state index contributed by atoms with van der Waals surface area (Å²) in [5.41, 5.74) is 1.36. The zero-order valence-corrected chi connectivity index (χ0v) is 12.5. The van der Waals surface area contributed by atoms with Gasteiger partial charge in [-0.1, -0.05) is 38.4 Å². The maximum absolute atomic E-state index is 12.1. The summed E-state index contributed by atoms with van der Waals surface area (Å²) in [5, 5.41) is 3.71. The first-order valence-corrected chi connectivity index (χ1v) is 7.12. The van der Waals surface area contributed by atoms with E-state index in [1.807, 2.05) is 39.0 Å². The monoisotopic (exact) mass is 280 g/mol. The van der Waals surface area contributed by atoms with E-state index in [1.54, 1.807) is 0 Å². The molecule has 0 aromatic heterocycles. The molecule has 1 saturated heterocycles. The number of amides is 1. The normalized spacial score (nSPS) is 15.7. The van der Waals surface area contributed by atoms with Gasteiger partial charge in [-0.15, -0.1) is 0 Å². The minimum absolute atomic E-state index is 0.00946. The quantitative estimate of drug-likeness (QED) is 0.890. The molecule has 0 spiro atoms. The zero-order chi connectivity index (χ0) is 14.0. The molecule has 1 heterocycles. The molecular formula is C15H21ClN2O. The van der Waals surface area contributed by atoms with Crippen LogP contribution in [0.5, 0.6) is 0 Å². The van der Waals surface area contributed by atoms with Crippen LogP contribution in [0.3, 0.4) is 0 Å². The maximum atomic E-state index is 12.1. The van der Waals surface area contributed by atoms with Gasteiger partial charge in [0, 0.05) is 18.5 Å². The Bertz CT molecular complexity index is 474. The minimum atomic E-state index is -0.412. The number of para-hydroxylation sites is 1. The van der Waals surface area contributed by atoms with E-state index in [4.69, 9.17) is 11.6 Å². The number of halogens is 1. The number of nitrogens with one attached hydrogen (secondary N) is 1. The molecule has 104 valence electrons. The van der Waals surface area contributed by atoms with E-state index in [0.717, 1.165) is 24.5 Å². The molecular weight excluding hydrogens is 260 g/mol. The van der Waals surface area contributed by atoms with E-state index in [2.05, 4.69) is 10.2 Å². The number of hydrogen-bond acceptors (Lipinski definition) is 2. The fraction of sp³-hybridized carbons (Fsp3) is 0.533. The van der Waals surface area contributed by atoms with E-state index in [9.17, 15) is 4.79 Å². The van der Waals surface area contributed by atoms with Crippen molar-refractivity contribution in [3.8, 4) is 0 Å². The number of hydrogen-bond donors (Lipinski definition) is 1. The molecule has 19 heavy (non-hydrogen) atoms. The Morgan fingerprint density at radius 3 is 2.47 bits per heavy atom. The van der Waals surface area contributed by atoms with Gasteiger partial charge < -0.3 is 10.2 Å². The standard InChI is InChI=1S/C15H21ClN2O/c1-15(2,3)14(19)17-12-8-6-7-11(16)13(12)18-9-4-5-10-18/h6-8H,4-5,9-10H2,1-3H3,(H,17,19). The smallest absolute Gasteiger partial charge is 0.229 e. The predicted molar refractivity (Wildman–Crippen MR) is 81.0 cm³/mol. The Hall–Kier alpha value is -1.22. The van der Waals surface area contributed by atoms with Gasteiger partial charge in [0.15, 0.2) is 0 Å². The Kier molecular flexibility index (Phi) is 4.04. The zero-order valence-electron chi connectivity index (χ0n) is 11.8. The van der Waals surface area contributed by atoms with Gasteiger partial charge >= 0.3 is 0 Å². The number of benzene rings is 1. The molecule has 0 radical (unpaired) electrons. The highest BCUT2D eigenvalue weighted by molar-refractivity contribution is 6.34. The van der Waals surface area contributed by atoms with Crippen molar-refractivity contribution in [1.82, 2.24) is 0 Å². The molecule has 1 amide bonds. The van der Waals surface area contributed by atoms with Crippen LogP contribution < -0.4 is 10.2 Å². The SMILES string of the molecule is CC(C)(C)C(=O)Nc1cccc(Cl)c1N1CCCC1. The molecule has 3 nitrogen and oxygen atoms in total. The van der Waals surface area contributed by atoms with Gasteiger partial charge in [0.25, 0.3) is 0 Å². The molecule has 0 atom stereocenters. The average molecular weight is 281 g/mol. The highest BCUT2D eigenvalue weighted by Gasteiger charge is 2.24. The molecule has 0 aliphatic carbocycles. The van der Waals surface area contributed by atoms with Crippen molar-refractivity contribution in [2.75, 3.05) is 23.3 Å². The second-order valence-corrected chi connectivity index (χ2v) is 6.44. The number of anilines is 2. The largest absolute Gasteiger partial charge is 0.369 e. The summed E-state index contributed by atoms with van der Waals surface area (Å²) >= 11 is 6.31. The second kappa shape index (κ2) is 5.41. The fourth-order valence-electron chi connectivity index (χ4n) is 2.19. The van der Waals surface area contributed by atoms with Crippen molar-refractivity contribution < 1.29 is 4.79 Å². The first kappa shape index (κ1) is 14.2. The van der Waals surface area contributed by atoms with Crippen LogP contribution in [0, 0.1) is 5.41 Å². The minimum Gasteiger partial charge on any atom is -0.369 e. The first-order valence-electron chi connectivity index (χ1n) is 6.74. The number of rotatable bonds is 2. The van der Waals surface area contributed by atoms with Gasteiger partial charge in [-0.2, -0.15) is 0 Å². The van der Waals surface area contributed by atoms with Crippen LogP contribution in [-0.4, -0.2) is 19.0 Å². The highest BCUT2D eigenvalue weighted by atomic mass is 35.5. The molecule has 1 N–H and O–H groups in total. The molecule has 4 heteroatoms. The van der Waals surface area contributed by atoms with Gasteiger partial charge in [-0.3, -0.25) is 4.79 Å². The lowest BCUT2D eigenvalue weighted by Crippen LogP contribution is -2.29. The molecule has 1 aliphatic heterocycles. The number of nitrogens with zero attached hydrogens (tertiary/aromatic N) is 1. The summed E-state index contributed by atoms with van der Waals surface area (Å²) < 4.78 is 0. The predicted octanol–water partition coefficient (Wildman–Crippen LogP) is 3.92. The summed E-state index contributed by atoms with van der Waals surface area (Å²) in [6.45, 7) is 7.72. The van der Waals surface area contributed by atoms with E-state index >= 15 is 0 Å². The number of carbonyl (C=O) groups excluding carboxylic acids is 1. The molecule has 1 fully saturated rings. The van der Waals surface area contributed by atoms with E-state index < -0.39 is 5.41 Å². The van der Waals surface area contributed by atoms with Crippen LogP contribution in [0.25, 0.3) is 0 Å². The van der Waals surface area contributed by atoms with Crippen LogP contribution >= 0.6 is 11.6 Å². The van der Waals surface area contributed by atoms with Crippen molar-refractivity contribution >= 4 is 28.9 Å². The number of carbonyl (C=O) groups is 1. The fourth-order valence-corrected chi connectivity index (χ4v) is 2.48. The van der Waals surface area contributed by atoms with Crippen LogP contribution in [0.1, 0.15) is 33.6 Å². The van der Waals surface area contributed by atoms with Crippen LogP contribution in [-0.2, 0) is 4.79 Å². The summed E-state index contributed by atoms with van der Waals surface area (Å²) in [4.78, 5) is 14.4. The molecule has 1 aromatic carbocycles. The lowest BCUT2D eigenvalue weighted by molar-refractivity contribution is -0.123. The topological polar surface area (TPSA) is 32.3 Å². The van der Waals surface area contributed by atoms with Crippen molar-refractivity contribution in [3.05, 3.63) is 23.2 Å². The molecule has 2 rings (SSSR count). The van der Waals surface area contributed by atoms with Gasteiger partial charge in [0.2, 0.25) is 5.91 Å². The Morgan fingerprint density at radius 2 is 1.89 bits per heavy atom. The van der Waals surface area contributed by atoms with Gasteiger partial charge in [0.05, 0.1) is 16.4 Å². The first-order chi connectivity index (χ1) is 8.89. The maximum Gasteiger partial charge on any atom is 0.229 e. The summed E-state index contributed by atoms with van der Waals surface area (Å²) in [6.07, 6.45) is 2.36. The van der Waals surface area contributed by atoms with Gasteiger partial charge in [0.1, 0.15) is 0 Å². The molecule has 0 bridgehead atoms. The van der Waals surface area contributed by atoms with Crippen LogP contribution in [0.4, 0.5) is 11.4 Å². The Morgan fingerprint density at radius 1 is 1.26 bits per heavy atom. The van der Waals surface area contributed by atoms with Crippen molar-refractivity contribution in [1.29, 1.82) is 0 Å². The van der Waals surface area contributed by atoms with Gasteiger partial charge in [-0.25, -0.2) is 0 Å². The Labute approximate surface area is 119 Å². The van der Waals surface area contributed by atoms with E-state index in [0.29, 0.717) is 5.02 Å². The third-order valence-corrected chi connectivity index (χ3v) is 3.64. The lowest BCUT2D eigenvalue weighted by Gasteiger charge is -2.25.